The molecular weight excluding hydrogens is 378 g/mol. The molecule has 0 spiro atoms. The molecular formula is C24H27N3O3. The highest BCUT2D eigenvalue weighted by molar-refractivity contribution is 6.04. The molecule has 0 radical (unpaired) electrons. The molecule has 1 saturated heterocycles. The molecule has 0 bridgehead atoms. The van der Waals surface area contributed by atoms with Crippen molar-refractivity contribution in [3.63, 3.8) is 0 Å². The Bertz CT molecular complexity index is 1030. The lowest BCUT2D eigenvalue weighted by molar-refractivity contribution is -0.136. The van der Waals surface area contributed by atoms with Crippen LogP contribution in [-0.2, 0) is 4.79 Å². The van der Waals surface area contributed by atoms with E-state index in [1.165, 1.54) is 0 Å². The van der Waals surface area contributed by atoms with Crippen LogP contribution < -0.4 is 9.47 Å². The Morgan fingerprint density at radius 1 is 1.13 bits per heavy atom. The van der Waals surface area contributed by atoms with E-state index in [-0.39, 0.29) is 12.0 Å². The van der Waals surface area contributed by atoms with Crippen LogP contribution in [0.5, 0.6) is 17.2 Å². The van der Waals surface area contributed by atoms with Crippen molar-refractivity contribution in [2.24, 2.45) is 10.9 Å². The van der Waals surface area contributed by atoms with Gasteiger partial charge in [0.2, 0.25) is 5.91 Å². The predicted molar refractivity (Wildman–Crippen MR) is 116 cm³/mol. The Balaban J connectivity index is 1.52. The van der Waals surface area contributed by atoms with E-state index < -0.39 is 0 Å². The normalized spacial score (nSPS) is 20.5. The summed E-state index contributed by atoms with van der Waals surface area (Å²) >= 11 is 0. The second-order valence-corrected chi connectivity index (χ2v) is 8.47. The van der Waals surface area contributed by atoms with Crippen LogP contribution in [0.3, 0.4) is 0 Å². The fourth-order valence-corrected chi connectivity index (χ4v) is 4.27. The van der Waals surface area contributed by atoms with Gasteiger partial charge < -0.3 is 19.3 Å². The van der Waals surface area contributed by atoms with E-state index in [4.69, 9.17) is 14.5 Å². The van der Waals surface area contributed by atoms with Gasteiger partial charge in [0, 0.05) is 31.6 Å². The van der Waals surface area contributed by atoms with E-state index in [1.807, 2.05) is 42.2 Å². The van der Waals surface area contributed by atoms with E-state index in [9.17, 15) is 4.79 Å². The van der Waals surface area contributed by atoms with Gasteiger partial charge in [0.15, 0.2) is 5.75 Å². The third-order valence-corrected chi connectivity index (χ3v) is 6.13. The number of fused-ring (bicyclic) bond motifs is 2. The number of amidine groups is 1. The summed E-state index contributed by atoms with van der Waals surface area (Å²) in [6, 6.07) is 12.1. The van der Waals surface area contributed by atoms with Crippen LogP contribution in [0.15, 0.2) is 41.4 Å². The molecule has 0 N–H and O–H groups in total. The molecule has 1 atom stereocenters. The number of ether oxygens (including phenoxy) is 2. The number of amides is 1. The minimum absolute atomic E-state index is 0.144. The van der Waals surface area contributed by atoms with Gasteiger partial charge in [0.05, 0.1) is 12.7 Å². The van der Waals surface area contributed by atoms with Crippen LogP contribution in [0.2, 0.25) is 0 Å². The molecule has 6 nitrogen and oxygen atoms in total. The summed E-state index contributed by atoms with van der Waals surface area (Å²) in [6.45, 7) is 6.39. The zero-order valence-electron chi connectivity index (χ0n) is 17.7. The first-order valence-corrected chi connectivity index (χ1v) is 10.6. The number of hydrogen-bond acceptors (Lipinski definition) is 5. The SMILES string of the molecule is COc1ccc2c(c1)C(N1CCN(C(=O)C3CC3)C(C)C1)=Nc1ccc(C)cc1O2. The summed E-state index contributed by atoms with van der Waals surface area (Å²) in [4.78, 5) is 22.0. The number of carbonyl (C=O) groups excluding carboxylic acids is 1. The largest absolute Gasteiger partial charge is 0.497 e. The van der Waals surface area contributed by atoms with Crippen LogP contribution >= 0.6 is 0 Å². The number of hydrogen-bond donors (Lipinski definition) is 0. The molecule has 156 valence electrons. The van der Waals surface area contributed by atoms with Gasteiger partial charge in [-0.2, -0.15) is 0 Å². The number of carbonyl (C=O) groups is 1. The number of benzene rings is 2. The van der Waals surface area contributed by atoms with Gasteiger partial charge in [-0.15, -0.1) is 0 Å². The molecule has 2 heterocycles. The van der Waals surface area contributed by atoms with Gasteiger partial charge in [-0.1, -0.05) is 6.07 Å². The summed E-state index contributed by atoms with van der Waals surface area (Å²) in [7, 11) is 1.67. The molecule has 2 aromatic carbocycles. The first-order chi connectivity index (χ1) is 14.5. The van der Waals surface area contributed by atoms with Crippen molar-refractivity contribution in [2.75, 3.05) is 26.7 Å². The van der Waals surface area contributed by atoms with Crippen LogP contribution in [-0.4, -0.2) is 54.3 Å². The van der Waals surface area contributed by atoms with E-state index in [0.29, 0.717) is 5.91 Å². The monoisotopic (exact) mass is 405 g/mol. The second kappa shape index (κ2) is 7.35. The fraction of sp³-hybridized carbons (Fsp3) is 0.417. The molecule has 1 saturated carbocycles. The van der Waals surface area contributed by atoms with Gasteiger partial charge in [-0.05, 0) is 62.6 Å². The molecule has 2 aliphatic heterocycles. The fourth-order valence-electron chi connectivity index (χ4n) is 4.27. The maximum absolute atomic E-state index is 12.6. The van der Waals surface area contributed by atoms with E-state index in [0.717, 1.165) is 72.4 Å². The highest BCUT2D eigenvalue weighted by Gasteiger charge is 2.38. The quantitative estimate of drug-likeness (QED) is 0.754. The molecule has 6 heteroatoms. The Hall–Kier alpha value is -3.02. The van der Waals surface area contributed by atoms with Crippen molar-refractivity contribution in [2.45, 2.75) is 32.7 Å². The number of piperazine rings is 1. The maximum atomic E-state index is 12.6. The molecule has 30 heavy (non-hydrogen) atoms. The molecule has 2 fully saturated rings. The summed E-state index contributed by atoms with van der Waals surface area (Å²) < 4.78 is 11.7. The van der Waals surface area contributed by atoms with Gasteiger partial charge >= 0.3 is 0 Å². The Morgan fingerprint density at radius 3 is 2.70 bits per heavy atom. The molecule has 2 aromatic rings. The standard InChI is InChI=1S/C24H27N3O3/c1-15-4-8-20-22(12-15)30-21-9-7-18(29-3)13-19(21)23(25-20)26-10-11-27(16(2)14-26)24(28)17-5-6-17/h4,7-9,12-13,16-17H,5-6,10-11,14H2,1-3H3. The Kier molecular flexibility index (Phi) is 4.65. The highest BCUT2D eigenvalue weighted by atomic mass is 16.5. The zero-order valence-corrected chi connectivity index (χ0v) is 17.7. The van der Waals surface area contributed by atoms with Gasteiger partial charge in [0.25, 0.3) is 0 Å². The van der Waals surface area contributed by atoms with Crippen LogP contribution in [0.1, 0.15) is 30.9 Å². The smallest absolute Gasteiger partial charge is 0.226 e. The van der Waals surface area contributed by atoms with Gasteiger partial charge in [-0.25, -0.2) is 4.99 Å². The van der Waals surface area contributed by atoms with Crippen LogP contribution in [0.25, 0.3) is 0 Å². The average molecular weight is 405 g/mol. The lowest BCUT2D eigenvalue weighted by Gasteiger charge is -2.41. The summed E-state index contributed by atoms with van der Waals surface area (Å²) in [5.74, 6) is 3.73. The average Bonchev–Trinajstić information content (AvgIpc) is 3.59. The Morgan fingerprint density at radius 2 is 1.97 bits per heavy atom. The van der Waals surface area contributed by atoms with Crippen LogP contribution in [0.4, 0.5) is 5.69 Å². The molecule has 3 aliphatic rings. The topological polar surface area (TPSA) is 54.4 Å². The molecule has 1 unspecified atom stereocenters. The lowest BCUT2D eigenvalue weighted by atomic mass is 10.1. The van der Waals surface area contributed by atoms with Crippen molar-refractivity contribution in [1.29, 1.82) is 0 Å². The number of aryl methyl sites for hydroxylation is 1. The van der Waals surface area contributed by atoms with E-state index in [2.05, 4.69) is 17.9 Å². The second-order valence-electron chi connectivity index (χ2n) is 8.47. The maximum Gasteiger partial charge on any atom is 0.226 e. The molecule has 0 aromatic heterocycles. The van der Waals surface area contributed by atoms with Crippen molar-refractivity contribution in [3.05, 3.63) is 47.5 Å². The number of rotatable bonds is 2. The number of nitrogens with zero attached hydrogens (tertiary/aromatic N) is 3. The molecule has 1 amide bonds. The minimum atomic E-state index is 0.144. The van der Waals surface area contributed by atoms with E-state index in [1.54, 1.807) is 7.11 Å². The van der Waals surface area contributed by atoms with Gasteiger partial charge in [-0.3, -0.25) is 4.79 Å². The van der Waals surface area contributed by atoms with Crippen LogP contribution in [0, 0.1) is 12.8 Å². The predicted octanol–water partition coefficient (Wildman–Crippen LogP) is 4.13. The van der Waals surface area contributed by atoms with Gasteiger partial charge in [0.1, 0.15) is 23.0 Å². The first-order valence-electron chi connectivity index (χ1n) is 10.6. The summed E-state index contributed by atoms with van der Waals surface area (Å²) in [5, 5.41) is 0. The third kappa shape index (κ3) is 3.40. The third-order valence-electron chi connectivity index (χ3n) is 6.13. The molecule has 5 rings (SSSR count). The van der Waals surface area contributed by atoms with E-state index >= 15 is 0 Å². The van der Waals surface area contributed by atoms with Crippen molar-refractivity contribution in [3.8, 4) is 17.2 Å². The van der Waals surface area contributed by atoms with Crippen molar-refractivity contribution < 1.29 is 14.3 Å². The van der Waals surface area contributed by atoms with Crippen molar-refractivity contribution in [1.82, 2.24) is 9.80 Å². The summed E-state index contributed by atoms with van der Waals surface area (Å²) in [6.07, 6.45) is 2.08. The molecule has 1 aliphatic carbocycles. The Labute approximate surface area is 177 Å². The summed E-state index contributed by atoms with van der Waals surface area (Å²) in [5.41, 5.74) is 2.86. The minimum Gasteiger partial charge on any atom is -0.497 e. The number of methoxy groups -OCH3 is 1. The first kappa shape index (κ1) is 19.0. The highest BCUT2D eigenvalue weighted by Crippen LogP contribution is 2.40. The number of aliphatic imine (C=N–C) groups is 1. The zero-order chi connectivity index (χ0) is 20.8. The van der Waals surface area contributed by atoms with Crippen molar-refractivity contribution >= 4 is 17.4 Å². The lowest BCUT2D eigenvalue weighted by Crippen LogP contribution is -2.56.